The summed E-state index contributed by atoms with van der Waals surface area (Å²) in [5, 5.41) is 7.58. The van der Waals surface area contributed by atoms with Gasteiger partial charge < -0.3 is 5.32 Å². The van der Waals surface area contributed by atoms with E-state index in [9.17, 15) is 9.59 Å². The number of halogens is 3. The fourth-order valence-electron chi connectivity index (χ4n) is 1.71. The van der Waals surface area contributed by atoms with Gasteiger partial charge in [-0.1, -0.05) is 40.9 Å². The third-order valence-electron chi connectivity index (χ3n) is 2.90. The van der Waals surface area contributed by atoms with Crippen LogP contribution in [0.1, 0.15) is 15.9 Å². The molecule has 2 aromatic rings. The second-order valence-electron chi connectivity index (χ2n) is 4.62. The molecule has 2 rings (SSSR count). The summed E-state index contributed by atoms with van der Waals surface area (Å²) in [5.74, 6) is -0.878. The lowest BCUT2D eigenvalue weighted by atomic mass is 10.2. The molecule has 0 atom stereocenters. The maximum atomic E-state index is 11.8. The molecule has 0 saturated carbocycles. The van der Waals surface area contributed by atoms with E-state index in [1.165, 1.54) is 6.21 Å². The minimum Gasteiger partial charge on any atom is -0.343 e. The first-order chi connectivity index (χ1) is 11.5. The van der Waals surface area contributed by atoms with E-state index in [1.54, 1.807) is 42.5 Å². The summed E-state index contributed by atoms with van der Waals surface area (Å²) in [7, 11) is 0. The second kappa shape index (κ2) is 8.68. The predicted molar refractivity (Wildman–Crippen MR) is 96.0 cm³/mol. The maximum absolute atomic E-state index is 11.8. The molecule has 0 radical (unpaired) electrons. The van der Waals surface area contributed by atoms with Crippen molar-refractivity contribution in [3.05, 3.63) is 68.7 Å². The van der Waals surface area contributed by atoms with E-state index >= 15 is 0 Å². The first-order valence-corrected chi connectivity index (χ1v) is 7.90. The molecule has 8 heteroatoms. The van der Waals surface area contributed by atoms with Crippen molar-refractivity contribution in [1.29, 1.82) is 0 Å². The van der Waals surface area contributed by atoms with Crippen molar-refractivity contribution in [3.63, 3.8) is 0 Å². The van der Waals surface area contributed by atoms with E-state index in [4.69, 9.17) is 34.8 Å². The molecule has 0 unspecified atom stereocenters. The van der Waals surface area contributed by atoms with E-state index in [0.29, 0.717) is 26.2 Å². The van der Waals surface area contributed by atoms with Gasteiger partial charge in [0.25, 0.3) is 11.8 Å². The molecule has 0 fully saturated rings. The average Bonchev–Trinajstić information content (AvgIpc) is 2.56. The number of hydrazone groups is 1. The molecule has 0 spiro atoms. The lowest BCUT2D eigenvalue weighted by molar-refractivity contribution is -0.120. The highest BCUT2D eigenvalue weighted by atomic mass is 35.5. The van der Waals surface area contributed by atoms with Gasteiger partial charge in [-0.3, -0.25) is 9.59 Å². The van der Waals surface area contributed by atoms with Crippen LogP contribution in [0.3, 0.4) is 0 Å². The zero-order chi connectivity index (χ0) is 17.5. The van der Waals surface area contributed by atoms with Gasteiger partial charge in [-0.25, -0.2) is 5.43 Å². The third-order valence-corrected chi connectivity index (χ3v) is 3.81. The molecular weight excluding hydrogens is 373 g/mol. The monoisotopic (exact) mass is 383 g/mol. The van der Waals surface area contributed by atoms with Crippen molar-refractivity contribution in [1.82, 2.24) is 10.7 Å². The summed E-state index contributed by atoms with van der Waals surface area (Å²) in [6, 6.07) is 11.3. The Balaban J connectivity index is 1.84. The zero-order valence-electron chi connectivity index (χ0n) is 12.2. The number of nitrogens with one attached hydrogen (secondary N) is 2. The van der Waals surface area contributed by atoms with Crippen LogP contribution in [0.2, 0.25) is 15.1 Å². The van der Waals surface area contributed by atoms with Crippen molar-refractivity contribution in [3.8, 4) is 0 Å². The van der Waals surface area contributed by atoms with Crippen molar-refractivity contribution in [2.24, 2.45) is 5.10 Å². The SMILES string of the molecule is O=C(CNC(=O)c1ccc(Cl)cc1)N/N=C/c1c(Cl)cccc1Cl. The number of carbonyl (C=O) groups is 2. The summed E-state index contributed by atoms with van der Waals surface area (Å²) >= 11 is 17.7. The summed E-state index contributed by atoms with van der Waals surface area (Å²) < 4.78 is 0. The summed E-state index contributed by atoms with van der Waals surface area (Å²) in [6.07, 6.45) is 1.34. The molecule has 0 heterocycles. The Bertz CT molecular complexity index is 756. The number of hydrogen-bond acceptors (Lipinski definition) is 3. The molecule has 0 saturated heterocycles. The number of benzene rings is 2. The van der Waals surface area contributed by atoms with Crippen molar-refractivity contribution in [2.75, 3.05) is 6.54 Å². The second-order valence-corrected chi connectivity index (χ2v) is 5.87. The van der Waals surface area contributed by atoms with Crippen LogP contribution in [0.25, 0.3) is 0 Å². The molecule has 2 aromatic carbocycles. The fourth-order valence-corrected chi connectivity index (χ4v) is 2.33. The summed E-state index contributed by atoms with van der Waals surface area (Å²) in [5.41, 5.74) is 3.17. The molecule has 0 bridgehead atoms. The summed E-state index contributed by atoms with van der Waals surface area (Å²) in [6.45, 7) is -0.227. The molecule has 124 valence electrons. The van der Waals surface area contributed by atoms with Gasteiger partial charge in [0, 0.05) is 16.1 Å². The smallest absolute Gasteiger partial charge is 0.259 e. The molecule has 0 aromatic heterocycles. The number of rotatable bonds is 5. The Morgan fingerprint density at radius 2 is 1.62 bits per heavy atom. The third kappa shape index (κ3) is 5.23. The van der Waals surface area contributed by atoms with Crippen LogP contribution in [0.15, 0.2) is 47.6 Å². The molecule has 2 amide bonds. The van der Waals surface area contributed by atoms with Gasteiger partial charge in [-0.15, -0.1) is 0 Å². The molecular formula is C16H12Cl3N3O2. The van der Waals surface area contributed by atoms with Crippen LogP contribution in [-0.4, -0.2) is 24.6 Å². The Hall–Kier alpha value is -2.08. The molecule has 0 aliphatic rings. The van der Waals surface area contributed by atoms with Gasteiger partial charge in [-0.2, -0.15) is 5.10 Å². The van der Waals surface area contributed by atoms with E-state index in [0.717, 1.165) is 0 Å². The van der Waals surface area contributed by atoms with E-state index in [-0.39, 0.29) is 12.5 Å². The number of amides is 2. The molecule has 0 aliphatic carbocycles. The van der Waals surface area contributed by atoms with Gasteiger partial charge in [0.1, 0.15) is 0 Å². The van der Waals surface area contributed by atoms with E-state index in [2.05, 4.69) is 15.8 Å². The number of carbonyl (C=O) groups excluding carboxylic acids is 2. The fraction of sp³-hybridized carbons (Fsp3) is 0.0625. The van der Waals surface area contributed by atoms with Crippen molar-refractivity contribution < 1.29 is 9.59 Å². The molecule has 0 aliphatic heterocycles. The molecule has 24 heavy (non-hydrogen) atoms. The van der Waals surface area contributed by atoms with Crippen LogP contribution in [0.5, 0.6) is 0 Å². The Labute approximate surface area is 153 Å². The Kier molecular flexibility index (Phi) is 6.61. The number of nitrogens with zero attached hydrogens (tertiary/aromatic N) is 1. The first kappa shape index (κ1) is 18.3. The van der Waals surface area contributed by atoms with E-state index in [1.807, 2.05) is 0 Å². The summed E-state index contributed by atoms with van der Waals surface area (Å²) in [4.78, 5) is 23.5. The number of hydrogen-bond donors (Lipinski definition) is 2. The first-order valence-electron chi connectivity index (χ1n) is 6.77. The standard InChI is InChI=1S/C16H12Cl3N3O2/c17-11-6-4-10(5-7-11)16(24)20-9-15(23)22-21-8-12-13(18)2-1-3-14(12)19/h1-8H,9H2,(H,20,24)(H,22,23)/b21-8+. The predicted octanol–water partition coefficient (Wildman–Crippen LogP) is 3.53. The van der Waals surface area contributed by atoms with Crippen LogP contribution < -0.4 is 10.7 Å². The van der Waals surface area contributed by atoms with Gasteiger partial charge in [0.05, 0.1) is 22.8 Å². The highest BCUT2D eigenvalue weighted by molar-refractivity contribution is 6.38. The quantitative estimate of drug-likeness (QED) is 0.611. The van der Waals surface area contributed by atoms with Crippen LogP contribution >= 0.6 is 34.8 Å². The minimum atomic E-state index is -0.489. The van der Waals surface area contributed by atoms with Gasteiger partial charge >= 0.3 is 0 Å². The highest BCUT2D eigenvalue weighted by Crippen LogP contribution is 2.21. The average molecular weight is 385 g/mol. The van der Waals surface area contributed by atoms with Crippen LogP contribution in [-0.2, 0) is 4.79 Å². The van der Waals surface area contributed by atoms with E-state index < -0.39 is 5.91 Å². The topological polar surface area (TPSA) is 70.6 Å². The maximum Gasteiger partial charge on any atom is 0.259 e. The van der Waals surface area contributed by atoms with Gasteiger partial charge in [0.2, 0.25) is 0 Å². The minimum absolute atomic E-state index is 0.227. The highest BCUT2D eigenvalue weighted by Gasteiger charge is 2.07. The van der Waals surface area contributed by atoms with Crippen LogP contribution in [0, 0.1) is 0 Å². The van der Waals surface area contributed by atoms with Gasteiger partial charge in [0.15, 0.2) is 0 Å². The molecule has 5 nitrogen and oxygen atoms in total. The molecule has 2 N–H and O–H groups in total. The zero-order valence-corrected chi connectivity index (χ0v) is 14.5. The Morgan fingerprint density at radius 3 is 2.25 bits per heavy atom. The largest absolute Gasteiger partial charge is 0.343 e. The van der Waals surface area contributed by atoms with Crippen molar-refractivity contribution in [2.45, 2.75) is 0 Å². The van der Waals surface area contributed by atoms with Gasteiger partial charge in [-0.05, 0) is 36.4 Å². The normalized spacial score (nSPS) is 10.6. The Morgan fingerprint density at radius 1 is 1.00 bits per heavy atom. The van der Waals surface area contributed by atoms with Crippen LogP contribution in [0.4, 0.5) is 0 Å². The van der Waals surface area contributed by atoms with Crippen molar-refractivity contribution >= 4 is 52.8 Å². The lowest BCUT2D eigenvalue weighted by Crippen LogP contribution is -2.34. The lowest BCUT2D eigenvalue weighted by Gasteiger charge is -2.04.